The third kappa shape index (κ3) is 4.46. The van der Waals surface area contributed by atoms with Gasteiger partial charge >= 0.3 is 0 Å². The van der Waals surface area contributed by atoms with E-state index < -0.39 is 9.84 Å². The number of hydrogen-bond acceptors (Lipinski definition) is 6. The Morgan fingerprint density at radius 3 is 2.30 bits per heavy atom. The zero-order valence-electron chi connectivity index (χ0n) is 12.9. The van der Waals surface area contributed by atoms with Gasteiger partial charge in [0.15, 0.2) is 20.8 Å². The molecular formula is C15H16N2O4S2. The first-order valence-electron chi connectivity index (χ1n) is 6.74. The molecule has 2 aromatic rings. The van der Waals surface area contributed by atoms with E-state index in [4.69, 9.17) is 0 Å². The zero-order valence-corrected chi connectivity index (χ0v) is 14.5. The number of rotatable bonds is 5. The molecule has 0 aliphatic carbocycles. The van der Waals surface area contributed by atoms with E-state index in [2.05, 4.69) is 10.3 Å². The highest BCUT2D eigenvalue weighted by Crippen LogP contribution is 2.23. The summed E-state index contributed by atoms with van der Waals surface area (Å²) in [4.78, 5) is 28.3. The molecule has 0 spiro atoms. The summed E-state index contributed by atoms with van der Waals surface area (Å²) in [5.41, 5.74) is 1.28. The number of hydrogen-bond donors (Lipinski definition) is 1. The quantitative estimate of drug-likeness (QED) is 0.833. The maximum atomic E-state index is 12.0. The van der Waals surface area contributed by atoms with Crippen LogP contribution in [-0.4, -0.2) is 31.3 Å². The van der Waals surface area contributed by atoms with Crippen molar-refractivity contribution in [2.75, 3.05) is 11.6 Å². The summed E-state index contributed by atoms with van der Waals surface area (Å²) in [7, 11) is -3.25. The summed E-state index contributed by atoms with van der Waals surface area (Å²) in [5.74, 6) is -0.363. The molecule has 6 nitrogen and oxygen atoms in total. The van der Waals surface area contributed by atoms with Gasteiger partial charge in [0.05, 0.1) is 21.9 Å². The molecule has 0 saturated heterocycles. The molecule has 2 rings (SSSR count). The van der Waals surface area contributed by atoms with Crippen molar-refractivity contribution in [2.45, 2.75) is 25.2 Å². The topological polar surface area (TPSA) is 93.2 Å². The summed E-state index contributed by atoms with van der Waals surface area (Å²) >= 11 is 1.14. The third-order valence-corrected chi connectivity index (χ3v) is 5.38. The summed E-state index contributed by atoms with van der Waals surface area (Å²) in [6, 6.07) is 6.15. The van der Waals surface area contributed by atoms with E-state index in [1.807, 2.05) is 0 Å². The minimum Gasteiger partial charge on any atom is -0.302 e. The van der Waals surface area contributed by atoms with Crippen molar-refractivity contribution in [2.24, 2.45) is 0 Å². The summed E-state index contributed by atoms with van der Waals surface area (Å²) in [6.45, 7) is 3.17. The molecule has 122 valence electrons. The lowest BCUT2D eigenvalue weighted by atomic mass is 10.1. The van der Waals surface area contributed by atoms with Gasteiger partial charge in [0.1, 0.15) is 0 Å². The number of aryl methyl sites for hydroxylation is 1. The maximum absolute atomic E-state index is 12.0. The number of ketones is 1. The van der Waals surface area contributed by atoms with E-state index in [1.165, 1.54) is 19.1 Å². The minimum absolute atomic E-state index is 0.0862. The maximum Gasteiger partial charge on any atom is 0.230 e. The predicted molar refractivity (Wildman–Crippen MR) is 88.7 cm³/mol. The number of carbonyl (C=O) groups excluding carboxylic acids is 2. The van der Waals surface area contributed by atoms with Crippen LogP contribution in [-0.2, 0) is 21.1 Å². The number of aromatic nitrogens is 1. The molecule has 1 N–H and O–H groups in total. The predicted octanol–water partition coefficient (Wildman–Crippen LogP) is 2.24. The fraction of sp³-hybridized carbons (Fsp3) is 0.267. The van der Waals surface area contributed by atoms with E-state index in [1.54, 1.807) is 19.1 Å². The van der Waals surface area contributed by atoms with Crippen LogP contribution in [0, 0.1) is 6.92 Å². The fourth-order valence-corrected chi connectivity index (χ4v) is 3.49. The van der Waals surface area contributed by atoms with Crippen LogP contribution in [0.4, 0.5) is 5.13 Å². The molecule has 8 heteroatoms. The highest BCUT2D eigenvalue weighted by molar-refractivity contribution is 7.90. The van der Waals surface area contributed by atoms with Crippen molar-refractivity contribution >= 4 is 38.0 Å². The van der Waals surface area contributed by atoms with Gasteiger partial charge in [-0.1, -0.05) is 23.5 Å². The van der Waals surface area contributed by atoms with E-state index in [0.29, 0.717) is 21.3 Å². The zero-order chi connectivity index (χ0) is 17.2. The molecule has 0 aliphatic heterocycles. The lowest BCUT2D eigenvalue weighted by Crippen LogP contribution is -2.14. The van der Waals surface area contributed by atoms with Gasteiger partial charge < -0.3 is 5.32 Å². The fourth-order valence-electron chi connectivity index (χ4n) is 1.98. The molecule has 1 amide bonds. The second-order valence-corrected chi connectivity index (χ2v) is 8.15. The number of nitrogens with zero attached hydrogens (tertiary/aromatic N) is 1. The normalized spacial score (nSPS) is 11.3. The molecule has 0 unspecified atom stereocenters. The summed E-state index contributed by atoms with van der Waals surface area (Å²) in [5, 5.41) is 3.03. The van der Waals surface area contributed by atoms with Gasteiger partial charge in [-0.25, -0.2) is 13.4 Å². The number of anilines is 1. The molecule has 1 aromatic heterocycles. The highest BCUT2D eigenvalue weighted by atomic mass is 32.2. The standard InChI is InChI=1S/C15H16N2O4S2/c1-9-14(10(2)18)22-15(16-9)17-13(19)8-11-4-6-12(7-5-11)23(3,20)21/h4-7H,8H2,1-3H3,(H,16,17,19). The van der Waals surface area contributed by atoms with Gasteiger partial charge in [0.25, 0.3) is 0 Å². The molecule has 0 atom stereocenters. The Morgan fingerprint density at radius 1 is 1.22 bits per heavy atom. The van der Waals surface area contributed by atoms with Gasteiger partial charge in [-0.05, 0) is 24.6 Å². The number of benzene rings is 1. The van der Waals surface area contributed by atoms with Crippen LogP contribution in [0.15, 0.2) is 29.2 Å². The lowest BCUT2D eigenvalue weighted by molar-refractivity contribution is -0.115. The summed E-state index contributed by atoms with van der Waals surface area (Å²) < 4.78 is 22.8. The van der Waals surface area contributed by atoms with Gasteiger partial charge in [0.2, 0.25) is 5.91 Å². The first kappa shape index (κ1) is 17.3. The van der Waals surface area contributed by atoms with Crippen LogP contribution in [0.5, 0.6) is 0 Å². The van der Waals surface area contributed by atoms with Crippen LogP contribution in [0.1, 0.15) is 27.9 Å². The van der Waals surface area contributed by atoms with Crippen molar-refractivity contribution in [3.8, 4) is 0 Å². The van der Waals surface area contributed by atoms with Gasteiger partial charge in [-0.15, -0.1) is 0 Å². The number of sulfone groups is 1. The van der Waals surface area contributed by atoms with Crippen LogP contribution in [0.25, 0.3) is 0 Å². The third-order valence-electron chi connectivity index (χ3n) is 3.08. The molecule has 0 bridgehead atoms. The minimum atomic E-state index is -3.25. The molecule has 23 heavy (non-hydrogen) atoms. The van der Waals surface area contributed by atoms with Crippen molar-refractivity contribution in [3.05, 3.63) is 40.4 Å². The number of amides is 1. The number of Topliss-reactive ketones (excluding diaryl/α,β-unsaturated/α-hetero) is 1. The van der Waals surface area contributed by atoms with Gasteiger partial charge in [-0.2, -0.15) is 0 Å². The van der Waals surface area contributed by atoms with E-state index >= 15 is 0 Å². The molecule has 1 aromatic carbocycles. The number of carbonyl (C=O) groups is 2. The van der Waals surface area contributed by atoms with E-state index in [9.17, 15) is 18.0 Å². The van der Waals surface area contributed by atoms with Gasteiger partial charge in [0, 0.05) is 13.2 Å². The first-order valence-corrected chi connectivity index (χ1v) is 9.45. The Hall–Kier alpha value is -2.06. The second-order valence-electron chi connectivity index (χ2n) is 5.13. The van der Waals surface area contributed by atoms with Crippen molar-refractivity contribution in [1.82, 2.24) is 4.98 Å². The Balaban J connectivity index is 2.05. The Kier molecular flexibility index (Phi) is 4.96. The molecule has 1 heterocycles. The molecule has 0 saturated carbocycles. The highest BCUT2D eigenvalue weighted by Gasteiger charge is 2.14. The average molecular weight is 352 g/mol. The van der Waals surface area contributed by atoms with Crippen LogP contribution in [0.3, 0.4) is 0 Å². The molecular weight excluding hydrogens is 336 g/mol. The largest absolute Gasteiger partial charge is 0.302 e. The van der Waals surface area contributed by atoms with Crippen molar-refractivity contribution < 1.29 is 18.0 Å². The van der Waals surface area contributed by atoms with Crippen LogP contribution < -0.4 is 5.32 Å². The Bertz CT molecular complexity index is 852. The summed E-state index contributed by atoms with van der Waals surface area (Å²) in [6.07, 6.45) is 1.23. The SMILES string of the molecule is CC(=O)c1sc(NC(=O)Cc2ccc(S(C)(=O)=O)cc2)nc1C. The molecule has 0 radical (unpaired) electrons. The number of nitrogens with one attached hydrogen (secondary N) is 1. The smallest absolute Gasteiger partial charge is 0.230 e. The van der Waals surface area contributed by atoms with Gasteiger partial charge in [-0.3, -0.25) is 9.59 Å². The molecule has 0 aliphatic rings. The van der Waals surface area contributed by atoms with Crippen LogP contribution in [0.2, 0.25) is 0 Å². The Labute approximate surface area is 138 Å². The lowest BCUT2D eigenvalue weighted by Gasteiger charge is -2.03. The van der Waals surface area contributed by atoms with Crippen molar-refractivity contribution in [1.29, 1.82) is 0 Å². The van der Waals surface area contributed by atoms with Crippen molar-refractivity contribution in [3.63, 3.8) is 0 Å². The Morgan fingerprint density at radius 2 is 1.83 bits per heavy atom. The second kappa shape index (κ2) is 6.59. The monoisotopic (exact) mass is 352 g/mol. The first-order chi connectivity index (χ1) is 10.7. The average Bonchev–Trinajstić information content (AvgIpc) is 2.79. The molecule has 0 fully saturated rings. The van der Waals surface area contributed by atoms with Crippen LogP contribution >= 0.6 is 11.3 Å². The number of thiazole rings is 1. The van der Waals surface area contributed by atoms with E-state index in [0.717, 1.165) is 17.6 Å². The van der Waals surface area contributed by atoms with E-state index in [-0.39, 0.29) is 23.0 Å².